The predicted octanol–water partition coefficient (Wildman–Crippen LogP) is 8.16. The highest BCUT2D eigenvalue weighted by Gasteiger charge is 2.12. The second-order valence-corrected chi connectivity index (χ2v) is 7.14. The minimum absolute atomic E-state index is 1.14. The fourth-order valence-corrected chi connectivity index (χ4v) is 3.64. The highest BCUT2D eigenvalue weighted by molar-refractivity contribution is 5.80. The number of nitrogens with zero attached hydrogens (tertiary/aromatic N) is 1. The van der Waals surface area contributed by atoms with E-state index in [2.05, 4.69) is 134 Å². The largest absolute Gasteiger partial charge is 0.311 e. The van der Waals surface area contributed by atoms with Gasteiger partial charge in [-0.05, 0) is 66.9 Å². The monoisotopic (exact) mass is 375 g/mol. The third-order valence-electron chi connectivity index (χ3n) is 5.02. The van der Waals surface area contributed by atoms with Crippen LogP contribution >= 0.6 is 0 Å². The Balaban J connectivity index is 1.77. The number of para-hydroxylation sites is 2. The molecule has 0 radical (unpaired) electrons. The lowest BCUT2D eigenvalue weighted by molar-refractivity contribution is 1.28. The molecular weight excluding hydrogens is 350 g/mol. The van der Waals surface area contributed by atoms with E-state index >= 15 is 0 Å². The minimum Gasteiger partial charge on any atom is -0.311 e. The lowest BCUT2D eigenvalue weighted by Gasteiger charge is -2.25. The van der Waals surface area contributed by atoms with Gasteiger partial charge in [0.2, 0.25) is 0 Å². The van der Waals surface area contributed by atoms with Gasteiger partial charge in [-0.15, -0.1) is 0 Å². The average Bonchev–Trinajstić information content (AvgIpc) is 2.77. The topological polar surface area (TPSA) is 3.24 Å². The van der Waals surface area contributed by atoms with Gasteiger partial charge in [-0.3, -0.25) is 0 Å². The Morgan fingerprint density at radius 1 is 0.621 bits per heavy atom. The second kappa shape index (κ2) is 8.62. The van der Waals surface area contributed by atoms with Crippen molar-refractivity contribution in [3.8, 4) is 11.1 Å². The average molecular weight is 376 g/mol. The van der Waals surface area contributed by atoms with Crippen molar-refractivity contribution in [2.45, 2.75) is 13.8 Å². The number of allylic oxidation sites excluding steroid dienone is 1. The van der Waals surface area contributed by atoms with Crippen LogP contribution < -0.4 is 4.90 Å². The summed E-state index contributed by atoms with van der Waals surface area (Å²) in [6.45, 7) is 4.20. The summed E-state index contributed by atoms with van der Waals surface area (Å²) in [6, 6.07) is 36.5. The first-order chi connectivity index (χ1) is 14.3. The summed E-state index contributed by atoms with van der Waals surface area (Å²) in [5.41, 5.74) is 8.45. The zero-order chi connectivity index (χ0) is 20.1. The van der Waals surface area contributed by atoms with E-state index in [0.717, 1.165) is 17.1 Å². The van der Waals surface area contributed by atoms with Crippen molar-refractivity contribution in [2.24, 2.45) is 0 Å². The zero-order valence-corrected chi connectivity index (χ0v) is 16.9. The Hall–Kier alpha value is -3.58. The fourth-order valence-electron chi connectivity index (χ4n) is 3.64. The molecule has 4 aromatic carbocycles. The first kappa shape index (κ1) is 18.8. The zero-order valence-electron chi connectivity index (χ0n) is 16.9. The maximum atomic E-state index is 2.28. The van der Waals surface area contributed by atoms with Crippen LogP contribution in [0.3, 0.4) is 0 Å². The van der Waals surface area contributed by atoms with E-state index in [1.807, 2.05) is 0 Å². The van der Waals surface area contributed by atoms with Crippen LogP contribution in [0, 0.1) is 6.92 Å². The van der Waals surface area contributed by atoms with E-state index in [9.17, 15) is 0 Å². The number of hydrogen-bond acceptors (Lipinski definition) is 1. The van der Waals surface area contributed by atoms with E-state index in [0.29, 0.717) is 0 Å². The van der Waals surface area contributed by atoms with E-state index in [1.54, 1.807) is 0 Å². The molecule has 4 aromatic rings. The van der Waals surface area contributed by atoms with Gasteiger partial charge < -0.3 is 4.90 Å². The summed E-state index contributed by atoms with van der Waals surface area (Å²) >= 11 is 0. The highest BCUT2D eigenvalue weighted by atomic mass is 15.1. The van der Waals surface area contributed by atoms with E-state index in [-0.39, 0.29) is 0 Å². The first-order valence-electron chi connectivity index (χ1n) is 10.0. The summed E-state index contributed by atoms with van der Waals surface area (Å²) in [5, 5.41) is 0. The predicted molar refractivity (Wildman–Crippen MR) is 126 cm³/mol. The molecule has 0 aromatic heterocycles. The van der Waals surface area contributed by atoms with Gasteiger partial charge in [0.15, 0.2) is 0 Å². The summed E-state index contributed by atoms with van der Waals surface area (Å²) in [5.74, 6) is 0. The van der Waals surface area contributed by atoms with Crippen LogP contribution in [0.4, 0.5) is 17.1 Å². The molecule has 1 heteroatoms. The number of rotatable bonds is 5. The SMILES string of the molecule is CC=Cc1ccc(C)cc1-c1ccc(N(c2ccccc2)c2ccccc2)cc1. The van der Waals surface area contributed by atoms with Gasteiger partial charge in [0.05, 0.1) is 0 Å². The molecule has 0 aliphatic heterocycles. The summed E-state index contributed by atoms with van der Waals surface area (Å²) < 4.78 is 0. The van der Waals surface area contributed by atoms with Gasteiger partial charge in [0.25, 0.3) is 0 Å². The molecule has 0 atom stereocenters. The molecule has 0 unspecified atom stereocenters. The van der Waals surface area contributed by atoms with Crippen molar-refractivity contribution in [1.29, 1.82) is 0 Å². The maximum absolute atomic E-state index is 2.28. The molecule has 0 aliphatic carbocycles. The van der Waals surface area contributed by atoms with Crippen LogP contribution in [0.5, 0.6) is 0 Å². The van der Waals surface area contributed by atoms with Gasteiger partial charge in [0, 0.05) is 17.1 Å². The van der Waals surface area contributed by atoms with Crippen molar-refractivity contribution in [3.05, 3.63) is 120 Å². The molecule has 0 heterocycles. The molecule has 0 spiro atoms. The fraction of sp³-hybridized carbons (Fsp3) is 0.0714. The molecule has 0 saturated heterocycles. The summed E-state index contributed by atoms with van der Waals surface area (Å²) in [7, 11) is 0. The van der Waals surface area contributed by atoms with Crippen LogP contribution in [0.2, 0.25) is 0 Å². The van der Waals surface area contributed by atoms with E-state index in [1.165, 1.54) is 22.3 Å². The molecule has 0 aliphatic rings. The Kier molecular flexibility index (Phi) is 5.58. The molecule has 0 fully saturated rings. The van der Waals surface area contributed by atoms with Crippen molar-refractivity contribution in [2.75, 3.05) is 4.90 Å². The molecule has 1 nitrogen and oxygen atoms in total. The van der Waals surface area contributed by atoms with Gasteiger partial charge in [-0.25, -0.2) is 0 Å². The molecule has 29 heavy (non-hydrogen) atoms. The molecule has 0 N–H and O–H groups in total. The Labute approximate surface area is 173 Å². The standard InChI is InChI=1S/C28H25N/c1-3-10-23-16-15-22(2)21-28(23)24-17-19-27(20-18-24)29(25-11-6-4-7-12-25)26-13-8-5-9-14-26/h3-21H,1-2H3. The molecule has 4 rings (SSSR count). The Morgan fingerprint density at radius 3 is 1.72 bits per heavy atom. The van der Waals surface area contributed by atoms with Crippen LogP contribution in [0.25, 0.3) is 17.2 Å². The number of aryl methyl sites for hydroxylation is 1. The van der Waals surface area contributed by atoms with Crippen molar-refractivity contribution in [3.63, 3.8) is 0 Å². The quantitative estimate of drug-likeness (QED) is 0.340. The molecule has 0 amide bonds. The van der Waals surface area contributed by atoms with Crippen molar-refractivity contribution >= 4 is 23.1 Å². The maximum Gasteiger partial charge on any atom is 0.0462 e. The minimum atomic E-state index is 1.14. The highest BCUT2D eigenvalue weighted by Crippen LogP contribution is 2.35. The van der Waals surface area contributed by atoms with E-state index < -0.39 is 0 Å². The number of benzene rings is 4. The second-order valence-electron chi connectivity index (χ2n) is 7.14. The molecular formula is C28H25N. The molecule has 142 valence electrons. The van der Waals surface area contributed by atoms with E-state index in [4.69, 9.17) is 0 Å². The molecule has 0 bridgehead atoms. The van der Waals surface area contributed by atoms with Gasteiger partial charge in [0.1, 0.15) is 0 Å². The lowest BCUT2D eigenvalue weighted by atomic mass is 9.97. The lowest BCUT2D eigenvalue weighted by Crippen LogP contribution is -2.09. The van der Waals surface area contributed by atoms with Gasteiger partial charge in [-0.2, -0.15) is 0 Å². The van der Waals surface area contributed by atoms with Crippen LogP contribution in [-0.4, -0.2) is 0 Å². The smallest absolute Gasteiger partial charge is 0.0462 e. The van der Waals surface area contributed by atoms with Crippen molar-refractivity contribution < 1.29 is 0 Å². The van der Waals surface area contributed by atoms with Crippen molar-refractivity contribution in [1.82, 2.24) is 0 Å². The third-order valence-corrected chi connectivity index (χ3v) is 5.02. The van der Waals surface area contributed by atoms with Crippen LogP contribution in [0.15, 0.2) is 109 Å². The summed E-state index contributed by atoms with van der Waals surface area (Å²) in [4.78, 5) is 2.28. The van der Waals surface area contributed by atoms with Gasteiger partial charge in [-0.1, -0.05) is 84.4 Å². The Bertz CT molecular complexity index is 1050. The number of anilines is 3. The molecule has 0 saturated carbocycles. The number of hydrogen-bond donors (Lipinski definition) is 0. The third kappa shape index (κ3) is 4.14. The van der Waals surface area contributed by atoms with Gasteiger partial charge >= 0.3 is 0 Å². The normalized spacial score (nSPS) is 11.0. The van der Waals surface area contributed by atoms with Crippen LogP contribution in [0.1, 0.15) is 18.1 Å². The summed E-state index contributed by atoms with van der Waals surface area (Å²) in [6.07, 6.45) is 4.26. The first-order valence-corrected chi connectivity index (χ1v) is 10.0. The van der Waals surface area contributed by atoms with Crippen LogP contribution in [-0.2, 0) is 0 Å². The Morgan fingerprint density at radius 2 is 1.17 bits per heavy atom.